The van der Waals surface area contributed by atoms with Crippen LogP contribution in [0.1, 0.15) is 44.9 Å². The number of rotatable bonds is 7. The van der Waals surface area contributed by atoms with Gasteiger partial charge in [-0.15, -0.1) is 0 Å². The van der Waals surface area contributed by atoms with Crippen LogP contribution in [0.15, 0.2) is 0 Å². The van der Waals surface area contributed by atoms with Crippen LogP contribution in [0.5, 0.6) is 0 Å². The molecule has 0 heterocycles. The number of carbonyl (C=O) groups is 3. The average Bonchev–Trinajstić information content (AvgIpc) is 2.99. The number of hydrogen-bond acceptors (Lipinski definition) is 3. The van der Waals surface area contributed by atoms with Crippen LogP contribution < -0.4 is 10.6 Å². The van der Waals surface area contributed by atoms with Crippen molar-refractivity contribution in [3.63, 3.8) is 0 Å². The van der Waals surface area contributed by atoms with E-state index in [1.807, 2.05) is 0 Å². The number of nitrogens with one attached hydrogen (secondary N) is 2. The van der Waals surface area contributed by atoms with Crippen molar-refractivity contribution in [3.05, 3.63) is 0 Å². The fourth-order valence-electron chi connectivity index (χ4n) is 3.50. The lowest BCUT2D eigenvalue weighted by atomic mass is 9.95. The van der Waals surface area contributed by atoms with E-state index in [0.717, 1.165) is 19.3 Å². The number of amides is 2. The van der Waals surface area contributed by atoms with Crippen LogP contribution in [0.2, 0.25) is 0 Å². The highest BCUT2D eigenvalue weighted by molar-refractivity contribution is 5.82. The first-order chi connectivity index (χ1) is 9.95. The Balaban J connectivity index is 1.75. The van der Waals surface area contributed by atoms with Crippen LogP contribution >= 0.6 is 0 Å². The first-order valence-corrected chi connectivity index (χ1v) is 7.47. The van der Waals surface area contributed by atoms with Crippen molar-refractivity contribution in [2.45, 2.75) is 57.0 Å². The Hall–Kier alpha value is -1.79. The molecule has 2 aliphatic rings. The zero-order valence-corrected chi connectivity index (χ0v) is 11.9. The van der Waals surface area contributed by atoms with Crippen LogP contribution in [0.25, 0.3) is 0 Å². The van der Waals surface area contributed by atoms with Gasteiger partial charge in [0, 0.05) is 12.5 Å². The third-order valence-electron chi connectivity index (χ3n) is 4.54. The molecular formula is C14H22N2O5. The third-order valence-corrected chi connectivity index (χ3v) is 4.54. The van der Waals surface area contributed by atoms with E-state index in [2.05, 4.69) is 10.6 Å². The van der Waals surface area contributed by atoms with Gasteiger partial charge in [-0.2, -0.15) is 0 Å². The summed E-state index contributed by atoms with van der Waals surface area (Å²) in [7, 11) is 0. The largest absolute Gasteiger partial charge is 0.481 e. The Labute approximate surface area is 123 Å². The van der Waals surface area contributed by atoms with Crippen molar-refractivity contribution < 1.29 is 24.6 Å². The standard InChI is InChI=1S/C14H22N2O5/c17-12(18)3-1-2-10(13(19)20)15-14(21)16-11-7-8-4-5-9(11)6-8/h8-11H,1-7H2,(H,17,18)(H,19,20)(H2,15,16,21)/t8?,9?,10-,11?/m1/s1. The van der Waals surface area contributed by atoms with Gasteiger partial charge in [0.05, 0.1) is 0 Å². The zero-order chi connectivity index (χ0) is 15.4. The van der Waals surface area contributed by atoms with Crippen molar-refractivity contribution in [1.82, 2.24) is 10.6 Å². The summed E-state index contributed by atoms with van der Waals surface area (Å²) in [5.41, 5.74) is 0. The summed E-state index contributed by atoms with van der Waals surface area (Å²) < 4.78 is 0. The molecule has 0 radical (unpaired) electrons. The van der Waals surface area contributed by atoms with Gasteiger partial charge in [-0.25, -0.2) is 9.59 Å². The predicted molar refractivity (Wildman–Crippen MR) is 73.8 cm³/mol. The van der Waals surface area contributed by atoms with Crippen molar-refractivity contribution in [1.29, 1.82) is 0 Å². The topological polar surface area (TPSA) is 116 Å². The van der Waals surface area contributed by atoms with Gasteiger partial charge in [-0.3, -0.25) is 4.79 Å². The summed E-state index contributed by atoms with van der Waals surface area (Å²) in [6.45, 7) is 0. The van der Waals surface area contributed by atoms with E-state index in [-0.39, 0.29) is 25.3 Å². The molecule has 2 rings (SSSR count). The van der Waals surface area contributed by atoms with E-state index in [9.17, 15) is 14.4 Å². The van der Waals surface area contributed by atoms with Crippen LogP contribution in [0.3, 0.4) is 0 Å². The summed E-state index contributed by atoms with van der Waals surface area (Å²) in [6.07, 6.45) is 4.75. The number of fused-ring (bicyclic) bond motifs is 2. The second-order valence-corrected chi connectivity index (χ2v) is 6.08. The molecule has 0 aromatic heterocycles. The molecule has 118 valence electrons. The Morgan fingerprint density at radius 1 is 1.14 bits per heavy atom. The minimum Gasteiger partial charge on any atom is -0.481 e. The van der Waals surface area contributed by atoms with Crippen LogP contribution in [-0.4, -0.2) is 40.3 Å². The van der Waals surface area contributed by atoms with Gasteiger partial charge in [0.25, 0.3) is 0 Å². The smallest absolute Gasteiger partial charge is 0.326 e. The Bertz CT molecular complexity index is 426. The molecule has 2 amide bonds. The van der Waals surface area contributed by atoms with Gasteiger partial charge < -0.3 is 20.8 Å². The van der Waals surface area contributed by atoms with E-state index in [1.54, 1.807) is 0 Å². The van der Waals surface area contributed by atoms with Crippen LogP contribution in [-0.2, 0) is 9.59 Å². The maximum absolute atomic E-state index is 11.9. The zero-order valence-electron chi connectivity index (χ0n) is 11.9. The quantitative estimate of drug-likeness (QED) is 0.563. The molecule has 2 bridgehead atoms. The first kappa shape index (κ1) is 15.6. The number of urea groups is 1. The fraction of sp³-hybridized carbons (Fsp3) is 0.786. The molecule has 2 fully saturated rings. The summed E-state index contributed by atoms with van der Waals surface area (Å²) >= 11 is 0. The molecule has 0 aromatic carbocycles. The molecule has 7 heteroatoms. The highest BCUT2D eigenvalue weighted by Gasteiger charge is 2.40. The van der Waals surface area contributed by atoms with E-state index in [4.69, 9.17) is 10.2 Å². The summed E-state index contributed by atoms with van der Waals surface area (Å²) in [5.74, 6) is -0.878. The molecule has 7 nitrogen and oxygen atoms in total. The van der Waals surface area contributed by atoms with Crippen LogP contribution in [0.4, 0.5) is 4.79 Å². The molecule has 21 heavy (non-hydrogen) atoms. The predicted octanol–water partition coefficient (Wildman–Crippen LogP) is 1.18. The fourth-order valence-corrected chi connectivity index (χ4v) is 3.50. The molecule has 4 atom stereocenters. The number of carboxylic acid groups (broad SMARTS) is 2. The summed E-state index contributed by atoms with van der Waals surface area (Å²) in [4.78, 5) is 33.4. The maximum Gasteiger partial charge on any atom is 0.326 e. The van der Waals surface area contributed by atoms with Gasteiger partial charge in [0.1, 0.15) is 6.04 Å². The van der Waals surface area contributed by atoms with E-state index >= 15 is 0 Å². The van der Waals surface area contributed by atoms with Crippen molar-refractivity contribution in [2.24, 2.45) is 11.8 Å². The normalized spacial score (nSPS) is 28.1. The second-order valence-electron chi connectivity index (χ2n) is 6.08. The highest BCUT2D eigenvalue weighted by Crippen LogP contribution is 2.44. The van der Waals surface area contributed by atoms with Crippen molar-refractivity contribution in [3.8, 4) is 0 Å². The lowest BCUT2D eigenvalue weighted by Gasteiger charge is -2.24. The van der Waals surface area contributed by atoms with Crippen LogP contribution in [0, 0.1) is 11.8 Å². The lowest BCUT2D eigenvalue weighted by Crippen LogP contribution is -2.50. The number of aliphatic carboxylic acids is 2. The third kappa shape index (κ3) is 4.34. The van der Waals surface area contributed by atoms with Gasteiger partial charge >= 0.3 is 18.0 Å². The molecule has 0 saturated heterocycles. The van der Waals surface area contributed by atoms with Gasteiger partial charge in [0.15, 0.2) is 0 Å². The summed E-state index contributed by atoms with van der Waals surface area (Å²) in [6, 6.07) is -1.35. The number of carbonyl (C=O) groups excluding carboxylic acids is 1. The van der Waals surface area contributed by atoms with E-state index < -0.39 is 24.0 Å². The average molecular weight is 298 g/mol. The first-order valence-electron chi connectivity index (χ1n) is 7.47. The van der Waals surface area contributed by atoms with E-state index in [0.29, 0.717) is 11.8 Å². The molecule has 4 N–H and O–H groups in total. The highest BCUT2D eigenvalue weighted by atomic mass is 16.4. The van der Waals surface area contributed by atoms with Gasteiger partial charge in [0.2, 0.25) is 0 Å². The molecule has 3 unspecified atom stereocenters. The molecule has 0 spiro atoms. The lowest BCUT2D eigenvalue weighted by molar-refractivity contribution is -0.140. The maximum atomic E-state index is 11.9. The van der Waals surface area contributed by atoms with E-state index in [1.165, 1.54) is 6.42 Å². The van der Waals surface area contributed by atoms with Gasteiger partial charge in [-0.05, 0) is 43.9 Å². The Morgan fingerprint density at radius 3 is 2.43 bits per heavy atom. The monoisotopic (exact) mass is 298 g/mol. The Morgan fingerprint density at radius 2 is 1.90 bits per heavy atom. The molecule has 2 aliphatic carbocycles. The SMILES string of the molecule is O=C(O)CCC[C@@H](NC(=O)NC1CC2CCC1C2)C(=O)O. The Kier molecular flexibility index (Phi) is 5.03. The minimum atomic E-state index is -1.14. The van der Waals surface area contributed by atoms with Crippen molar-refractivity contribution in [2.75, 3.05) is 0 Å². The second kappa shape index (κ2) is 6.78. The molecule has 0 aromatic rings. The summed E-state index contributed by atoms with van der Waals surface area (Å²) in [5, 5.41) is 22.9. The van der Waals surface area contributed by atoms with Crippen molar-refractivity contribution >= 4 is 18.0 Å². The van der Waals surface area contributed by atoms with Gasteiger partial charge in [-0.1, -0.05) is 6.42 Å². The molecular weight excluding hydrogens is 276 g/mol. The molecule has 0 aliphatic heterocycles. The molecule has 2 saturated carbocycles. The number of hydrogen-bond donors (Lipinski definition) is 4. The number of carboxylic acids is 2. The minimum absolute atomic E-state index is 0.0978.